The summed E-state index contributed by atoms with van der Waals surface area (Å²) < 4.78 is 1.87. The molecule has 0 unspecified atom stereocenters. The molecule has 0 bridgehead atoms. The molecule has 1 N–H and O–H groups in total. The van der Waals surface area contributed by atoms with Gasteiger partial charge in [0.2, 0.25) is 11.8 Å². The third-order valence-corrected chi connectivity index (χ3v) is 5.42. The number of nitrogens with one attached hydrogen (secondary N) is 1. The van der Waals surface area contributed by atoms with Crippen molar-refractivity contribution in [1.29, 1.82) is 0 Å². The Bertz CT molecular complexity index is 801. The third-order valence-electron chi connectivity index (χ3n) is 4.68. The highest BCUT2D eigenvalue weighted by atomic mass is 32.2. The second-order valence-corrected chi connectivity index (χ2v) is 7.59. The quantitative estimate of drug-likeness (QED) is 0.709. The largest absolute Gasteiger partial charge is 0.356 e. The van der Waals surface area contributed by atoms with Crippen molar-refractivity contribution in [1.82, 2.24) is 15.1 Å². The summed E-state index contributed by atoms with van der Waals surface area (Å²) in [6.45, 7) is 3.74. The van der Waals surface area contributed by atoms with E-state index in [1.807, 2.05) is 17.7 Å². The summed E-state index contributed by atoms with van der Waals surface area (Å²) >= 11 is 1.72. The molecule has 1 aromatic heterocycles. The number of anilines is 1. The van der Waals surface area contributed by atoms with Crippen molar-refractivity contribution in [3.8, 4) is 0 Å². The maximum Gasteiger partial charge on any atom is 0.229 e. The van der Waals surface area contributed by atoms with Crippen LogP contribution in [0.15, 0.2) is 35.2 Å². The van der Waals surface area contributed by atoms with E-state index in [9.17, 15) is 9.59 Å². The maximum absolute atomic E-state index is 12.2. The van der Waals surface area contributed by atoms with Crippen molar-refractivity contribution in [3.63, 3.8) is 0 Å². The fraction of sp³-hybridized carbons (Fsp3) is 0.450. The van der Waals surface area contributed by atoms with E-state index in [2.05, 4.69) is 40.9 Å². The molecule has 0 aliphatic carbocycles. The number of hydrogen-bond donors (Lipinski definition) is 1. The normalized spacial score (nSPS) is 13.6. The van der Waals surface area contributed by atoms with E-state index < -0.39 is 0 Å². The van der Waals surface area contributed by atoms with Gasteiger partial charge in [-0.25, -0.2) is 4.68 Å². The van der Waals surface area contributed by atoms with Gasteiger partial charge in [-0.15, -0.1) is 11.8 Å². The zero-order valence-corrected chi connectivity index (χ0v) is 16.7. The Morgan fingerprint density at radius 2 is 2.07 bits per heavy atom. The van der Waals surface area contributed by atoms with Crippen molar-refractivity contribution >= 4 is 29.4 Å². The number of amides is 2. The van der Waals surface area contributed by atoms with Crippen molar-refractivity contribution in [2.75, 3.05) is 24.2 Å². The first-order valence-electron chi connectivity index (χ1n) is 9.31. The molecule has 1 aliphatic rings. The van der Waals surface area contributed by atoms with E-state index >= 15 is 0 Å². The average molecular weight is 387 g/mol. The molecule has 0 fully saturated rings. The summed E-state index contributed by atoms with van der Waals surface area (Å²) in [5.41, 5.74) is 2.13. The minimum Gasteiger partial charge on any atom is -0.356 e. The minimum absolute atomic E-state index is 0.0323. The van der Waals surface area contributed by atoms with E-state index in [0.29, 0.717) is 38.9 Å². The molecule has 7 heteroatoms. The number of carbonyl (C=O) groups is 2. The lowest BCUT2D eigenvalue weighted by Crippen LogP contribution is -2.38. The smallest absolute Gasteiger partial charge is 0.229 e. The van der Waals surface area contributed by atoms with Crippen molar-refractivity contribution in [3.05, 3.63) is 41.6 Å². The van der Waals surface area contributed by atoms with Crippen LogP contribution in [-0.4, -0.2) is 40.9 Å². The lowest BCUT2D eigenvalue weighted by molar-refractivity contribution is -0.122. The predicted molar refractivity (Wildman–Crippen MR) is 108 cm³/mol. The van der Waals surface area contributed by atoms with Crippen LogP contribution in [0.5, 0.6) is 0 Å². The molecule has 1 aliphatic heterocycles. The molecule has 0 spiro atoms. The van der Waals surface area contributed by atoms with Gasteiger partial charge in [0.25, 0.3) is 0 Å². The predicted octanol–water partition coefficient (Wildman–Crippen LogP) is 2.79. The van der Waals surface area contributed by atoms with E-state index in [4.69, 9.17) is 0 Å². The van der Waals surface area contributed by atoms with Gasteiger partial charge in [0, 0.05) is 36.9 Å². The molecule has 0 saturated heterocycles. The highest BCUT2D eigenvalue weighted by Crippen LogP contribution is 2.22. The molecule has 2 heterocycles. The number of fused-ring (bicyclic) bond motifs is 1. The lowest BCUT2D eigenvalue weighted by Gasteiger charge is -2.27. The summed E-state index contributed by atoms with van der Waals surface area (Å²) in [4.78, 5) is 27.3. The zero-order valence-electron chi connectivity index (χ0n) is 15.9. The Balaban J connectivity index is 1.40. The van der Waals surface area contributed by atoms with Crippen LogP contribution >= 0.6 is 11.8 Å². The molecule has 6 nitrogen and oxygen atoms in total. The van der Waals surface area contributed by atoms with E-state index in [1.54, 1.807) is 16.7 Å². The number of aromatic nitrogens is 2. The van der Waals surface area contributed by atoms with Crippen molar-refractivity contribution < 1.29 is 9.59 Å². The molecule has 0 radical (unpaired) electrons. The monoisotopic (exact) mass is 386 g/mol. The van der Waals surface area contributed by atoms with Crippen LogP contribution in [0.1, 0.15) is 30.5 Å². The van der Waals surface area contributed by atoms with Crippen LogP contribution in [0.2, 0.25) is 0 Å². The third kappa shape index (κ3) is 5.13. The van der Waals surface area contributed by atoms with Gasteiger partial charge < -0.3 is 5.32 Å². The molecule has 3 rings (SSSR count). The second kappa shape index (κ2) is 9.08. The molecule has 27 heavy (non-hydrogen) atoms. The topological polar surface area (TPSA) is 67.2 Å². The number of aryl methyl sites for hydroxylation is 2. The van der Waals surface area contributed by atoms with Gasteiger partial charge in [-0.2, -0.15) is 5.10 Å². The first-order valence-corrected chi connectivity index (χ1v) is 10.5. The molecule has 0 atom stereocenters. The fourth-order valence-electron chi connectivity index (χ4n) is 3.24. The van der Waals surface area contributed by atoms with E-state index in [0.717, 1.165) is 17.9 Å². The van der Waals surface area contributed by atoms with Crippen molar-refractivity contribution in [2.24, 2.45) is 0 Å². The Kier molecular flexibility index (Phi) is 6.55. The molecule has 2 amide bonds. The molecule has 144 valence electrons. The lowest BCUT2D eigenvalue weighted by atomic mass is 10.1. The van der Waals surface area contributed by atoms with Gasteiger partial charge in [-0.05, 0) is 43.7 Å². The van der Waals surface area contributed by atoms with Crippen LogP contribution in [0, 0.1) is 6.92 Å². The zero-order chi connectivity index (χ0) is 19.2. The number of nitrogens with zero attached hydrogens (tertiary/aromatic N) is 3. The van der Waals surface area contributed by atoms with E-state index in [1.165, 1.54) is 10.5 Å². The number of benzene rings is 1. The van der Waals surface area contributed by atoms with Crippen molar-refractivity contribution in [2.45, 2.75) is 44.0 Å². The summed E-state index contributed by atoms with van der Waals surface area (Å²) in [5.74, 6) is 0.985. The van der Waals surface area contributed by atoms with Crippen LogP contribution < -0.4 is 10.2 Å². The van der Waals surface area contributed by atoms with Crippen LogP contribution in [0.25, 0.3) is 0 Å². The van der Waals surface area contributed by atoms with Gasteiger partial charge in [-0.1, -0.05) is 12.1 Å². The maximum atomic E-state index is 12.2. The number of rotatable bonds is 8. The van der Waals surface area contributed by atoms with Gasteiger partial charge in [-0.3, -0.25) is 14.5 Å². The fourth-order valence-corrected chi connectivity index (χ4v) is 3.65. The second-order valence-electron chi connectivity index (χ2n) is 6.71. The molecular formula is C20H26N4O2S. The molecule has 1 aromatic carbocycles. The van der Waals surface area contributed by atoms with Gasteiger partial charge in [0.15, 0.2) is 0 Å². The summed E-state index contributed by atoms with van der Waals surface area (Å²) in [5, 5.41) is 7.37. The van der Waals surface area contributed by atoms with Gasteiger partial charge >= 0.3 is 0 Å². The average Bonchev–Trinajstić information content (AvgIpc) is 3.05. The summed E-state index contributed by atoms with van der Waals surface area (Å²) in [6.07, 6.45) is 4.41. The van der Waals surface area contributed by atoms with Crippen LogP contribution in [-0.2, 0) is 22.6 Å². The standard InChI is InChI=1S/C20H26N4O2S/c1-15-14-19-23(20(26)10-13-24(19)22-15)12-3-4-18(25)21-11-9-16-5-7-17(27-2)8-6-16/h5-8,14H,3-4,9-13H2,1-2H3,(H,21,25). The molecule has 2 aromatic rings. The number of hydrogen-bond acceptors (Lipinski definition) is 4. The molecular weight excluding hydrogens is 360 g/mol. The van der Waals surface area contributed by atoms with E-state index in [-0.39, 0.29) is 11.8 Å². The highest BCUT2D eigenvalue weighted by molar-refractivity contribution is 7.98. The number of carbonyl (C=O) groups excluding carboxylic acids is 2. The van der Waals surface area contributed by atoms with Gasteiger partial charge in [0.05, 0.1) is 12.2 Å². The molecule has 0 saturated carbocycles. The number of thioether (sulfide) groups is 1. The first-order chi connectivity index (χ1) is 13.1. The van der Waals surface area contributed by atoms with Crippen LogP contribution in [0.4, 0.5) is 5.82 Å². The first kappa shape index (κ1) is 19.5. The Labute approximate surface area is 164 Å². The van der Waals surface area contributed by atoms with Gasteiger partial charge in [0.1, 0.15) is 5.82 Å². The SMILES string of the molecule is CSc1ccc(CCNC(=O)CCCN2C(=O)CCn3nc(C)cc32)cc1. The summed E-state index contributed by atoms with van der Waals surface area (Å²) in [6, 6.07) is 10.3. The Morgan fingerprint density at radius 3 is 2.81 bits per heavy atom. The minimum atomic E-state index is 0.0323. The Hall–Kier alpha value is -2.28. The Morgan fingerprint density at radius 1 is 1.30 bits per heavy atom. The highest BCUT2D eigenvalue weighted by Gasteiger charge is 2.25. The van der Waals surface area contributed by atoms with Crippen LogP contribution in [0.3, 0.4) is 0 Å². The summed E-state index contributed by atoms with van der Waals surface area (Å²) in [7, 11) is 0.